The first-order valence-corrected chi connectivity index (χ1v) is 12.3. The zero-order valence-corrected chi connectivity index (χ0v) is 19.4. The van der Waals surface area contributed by atoms with Gasteiger partial charge in [0.1, 0.15) is 5.25 Å². The van der Waals surface area contributed by atoms with E-state index < -0.39 is 0 Å². The van der Waals surface area contributed by atoms with E-state index >= 15 is 0 Å². The number of aromatic nitrogens is 2. The summed E-state index contributed by atoms with van der Waals surface area (Å²) in [5.74, 6) is 0.289. The molecule has 6 nitrogen and oxygen atoms in total. The Morgan fingerprint density at radius 2 is 1.81 bits per heavy atom. The molecule has 31 heavy (non-hydrogen) atoms. The lowest BCUT2D eigenvalue weighted by Gasteiger charge is -2.39. The van der Waals surface area contributed by atoms with Gasteiger partial charge in [-0.2, -0.15) is 0 Å². The van der Waals surface area contributed by atoms with Crippen molar-refractivity contribution in [2.24, 2.45) is 0 Å². The average Bonchev–Trinajstić information content (AvgIpc) is 2.76. The highest BCUT2D eigenvalue weighted by atomic mass is 32.2. The van der Waals surface area contributed by atoms with Crippen molar-refractivity contribution >= 4 is 29.3 Å². The molecule has 1 unspecified atom stereocenters. The molecule has 0 spiro atoms. The standard InChI is InChI=1S/C24H33N5OS/c1-17-9-8-10-18(2)28(17)15-6-3-7-16-29-20-11-4-5-12-21(20)31-22(23(29)30)19-13-14-26-24(25)27-19/h4-5,11-14,17-18,22H,3,6-10,15-16H2,1-2H3,(H2,25,26,27)/t17-,18+,22?. The molecule has 1 saturated heterocycles. The van der Waals surface area contributed by atoms with Crippen LogP contribution in [-0.4, -0.2) is 45.9 Å². The van der Waals surface area contributed by atoms with Crippen LogP contribution in [0.2, 0.25) is 0 Å². The number of piperidine rings is 1. The quantitative estimate of drug-likeness (QED) is 0.632. The lowest BCUT2D eigenvalue weighted by atomic mass is 9.97. The molecule has 2 aliphatic rings. The summed E-state index contributed by atoms with van der Waals surface area (Å²) in [6, 6.07) is 11.3. The molecule has 0 bridgehead atoms. The van der Waals surface area contributed by atoms with Crippen LogP contribution in [0, 0.1) is 0 Å². The molecule has 166 valence electrons. The first-order chi connectivity index (χ1) is 15.0. The first kappa shape index (κ1) is 22.1. The summed E-state index contributed by atoms with van der Waals surface area (Å²) in [7, 11) is 0. The number of nitrogens with zero attached hydrogens (tertiary/aromatic N) is 4. The molecule has 1 fully saturated rings. The third-order valence-electron chi connectivity index (χ3n) is 6.53. The van der Waals surface area contributed by atoms with Gasteiger partial charge < -0.3 is 10.6 Å². The Hall–Kier alpha value is -2.12. The van der Waals surface area contributed by atoms with Crippen molar-refractivity contribution in [3.8, 4) is 0 Å². The van der Waals surface area contributed by atoms with E-state index in [9.17, 15) is 4.79 Å². The van der Waals surface area contributed by atoms with Crippen LogP contribution in [0.3, 0.4) is 0 Å². The van der Waals surface area contributed by atoms with E-state index in [0.717, 1.165) is 36.5 Å². The molecule has 1 aromatic heterocycles. The molecule has 2 N–H and O–H groups in total. The minimum Gasteiger partial charge on any atom is -0.368 e. The number of hydrogen-bond donors (Lipinski definition) is 1. The molecule has 0 saturated carbocycles. The number of carbonyl (C=O) groups excluding carboxylic acids is 1. The highest BCUT2D eigenvalue weighted by Gasteiger charge is 2.35. The van der Waals surface area contributed by atoms with Gasteiger partial charge in [0.15, 0.2) is 0 Å². The van der Waals surface area contributed by atoms with Crippen LogP contribution in [0.5, 0.6) is 0 Å². The predicted octanol–water partition coefficient (Wildman–Crippen LogP) is 4.67. The number of benzene rings is 1. The Labute approximate surface area is 189 Å². The number of hydrogen-bond acceptors (Lipinski definition) is 6. The molecule has 0 radical (unpaired) electrons. The highest BCUT2D eigenvalue weighted by molar-refractivity contribution is 8.00. The van der Waals surface area contributed by atoms with Gasteiger partial charge >= 0.3 is 0 Å². The highest BCUT2D eigenvalue weighted by Crippen LogP contribution is 2.46. The summed E-state index contributed by atoms with van der Waals surface area (Å²) >= 11 is 1.55. The van der Waals surface area contributed by atoms with E-state index in [1.54, 1.807) is 24.0 Å². The third kappa shape index (κ3) is 5.04. The minimum atomic E-state index is -0.379. The second-order valence-corrected chi connectivity index (χ2v) is 9.87. The largest absolute Gasteiger partial charge is 0.368 e. The van der Waals surface area contributed by atoms with E-state index in [2.05, 4.69) is 34.8 Å². The van der Waals surface area contributed by atoms with Crippen LogP contribution < -0.4 is 10.6 Å². The number of unbranched alkanes of at least 4 members (excludes halogenated alkanes) is 2. The molecule has 3 atom stereocenters. The van der Waals surface area contributed by atoms with Crippen molar-refractivity contribution in [3.05, 3.63) is 42.2 Å². The predicted molar refractivity (Wildman–Crippen MR) is 127 cm³/mol. The van der Waals surface area contributed by atoms with Crippen LogP contribution in [0.1, 0.15) is 63.3 Å². The lowest BCUT2D eigenvalue weighted by Crippen LogP contribution is -2.44. The van der Waals surface area contributed by atoms with Crippen LogP contribution in [0.4, 0.5) is 11.6 Å². The Balaban J connectivity index is 1.39. The lowest BCUT2D eigenvalue weighted by molar-refractivity contribution is -0.118. The van der Waals surface area contributed by atoms with E-state index in [1.807, 2.05) is 23.1 Å². The molecule has 0 aliphatic carbocycles. The number of para-hydroxylation sites is 1. The first-order valence-electron chi connectivity index (χ1n) is 11.5. The zero-order chi connectivity index (χ0) is 21.8. The molecular formula is C24H33N5OS. The van der Waals surface area contributed by atoms with Gasteiger partial charge in [-0.25, -0.2) is 9.97 Å². The summed E-state index contributed by atoms with van der Waals surface area (Å²) < 4.78 is 0. The van der Waals surface area contributed by atoms with E-state index in [4.69, 9.17) is 5.73 Å². The minimum absolute atomic E-state index is 0.0834. The third-order valence-corrected chi connectivity index (χ3v) is 7.81. The number of likely N-dealkylation sites (tertiary alicyclic amines) is 1. The summed E-state index contributed by atoms with van der Waals surface area (Å²) in [6.07, 6.45) is 8.91. The summed E-state index contributed by atoms with van der Waals surface area (Å²) in [4.78, 5) is 27.4. The molecule has 2 aromatic rings. The van der Waals surface area contributed by atoms with Crippen LogP contribution in [0.15, 0.2) is 41.4 Å². The van der Waals surface area contributed by atoms with Gasteiger partial charge in [-0.15, -0.1) is 11.8 Å². The van der Waals surface area contributed by atoms with Gasteiger partial charge in [0.05, 0.1) is 11.4 Å². The van der Waals surface area contributed by atoms with E-state index in [1.165, 1.54) is 25.7 Å². The maximum atomic E-state index is 13.4. The zero-order valence-electron chi connectivity index (χ0n) is 18.5. The number of anilines is 2. The number of amides is 1. The number of nitrogens with two attached hydrogens (primary N) is 1. The Morgan fingerprint density at radius 3 is 2.58 bits per heavy atom. The second-order valence-electron chi connectivity index (χ2n) is 8.72. The number of carbonyl (C=O) groups is 1. The maximum absolute atomic E-state index is 13.4. The SMILES string of the molecule is C[C@@H]1CCC[C@H](C)N1CCCCCN1C(=O)C(c2ccnc(N)n2)Sc2ccccc21. The van der Waals surface area contributed by atoms with Gasteiger partial charge in [-0.3, -0.25) is 9.69 Å². The van der Waals surface area contributed by atoms with Gasteiger partial charge in [0.2, 0.25) is 11.9 Å². The van der Waals surface area contributed by atoms with Crippen molar-refractivity contribution < 1.29 is 4.79 Å². The number of fused-ring (bicyclic) bond motifs is 1. The Morgan fingerprint density at radius 1 is 1.06 bits per heavy atom. The van der Waals surface area contributed by atoms with Crippen molar-refractivity contribution in [1.29, 1.82) is 0 Å². The number of thioether (sulfide) groups is 1. The average molecular weight is 440 g/mol. The van der Waals surface area contributed by atoms with Gasteiger partial charge in [0.25, 0.3) is 0 Å². The molecule has 4 rings (SSSR count). The smallest absolute Gasteiger partial charge is 0.246 e. The van der Waals surface area contributed by atoms with Gasteiger partial charge in [-0.1, -0.05) is 25.0 Å². The van der Waals surface area contributed by atoms with Crippen LogP contribution in [-0.2, 0) is 4.79 Å². The van der Waals surface area contributed by atoms with Crippen molar-refractivity contribution in [1.82, 2.24) is 14.9 Å². The van der Waals surface area contributed by atoms with E-state index in [0.29, 0.717) is 17.8 Å². The fourth-order valence-electron chi connectivity index (χ4n) is 4.83. The second kappa shape index (κ2) is 10.0. The van der Waals surface area contributed by atoms with Crippen molar-refractivity contribution in [2.75, 3.05) is 23.7 Å². The van der Waals surface area contributed by atoms with Crippen molar-refractivity contribution in [3.63, 3.8) is 0 Å². The molecule has 1 aromatic carbocycles. The summed E-state index contributed by atoms with van der Waals surface area (Å²) in [5, 5.41) is -0.379. The fourth-order valence-corrected chi connectivity index (χ4v) is 6.02. The van der Waals surface area contributed by atoms with Gasteiger partial charge in [0, 0.05) is 29.7 Å². The Bertz CT molecular complexity index is 897. The summed E-state index contributed by atoms with van der Waals surface area (Å²) in [6.45, 7) is 6.61. The maximum Gasteiger partial charge on any atom is 0.246 e. The molecule has 7 heteroatoms. The normalized spacial score (nSPS) is 24.3. The fraction of sp³-hybridized carbons (Fsp3) is 0.542. The number of rotatable bonds is 7. The molecule has 1 amide bonds. The molecule has 3 heterocycles. The van der Waals surface area contributed by atoms with E-state index in [-0.39, 0.29) is 17.1 Å². The van der Waals surface area contributed by atoms with Gasteiger partial charge in [-0.05, 0) is 64.3 Å². The Kier molecular flexibility index (Phi) is 7.13. The molecular weight excluding hydrogens is 406 g/mol. The topological polar surface area (TPSA) is 75.3 Å². The summed E-state index contributed by atoms with van der Waals surface area (Å²) in [5.41, 5.74) is 7.46. The number of nitrogen functional groups attached to an aromatic ring is 1. The monoisotopic (exact) mass is 439 g/mol. The van der Waals surface area contributed by atoms with Crippen LogP contribution in [0.25, 0.3) is 0 Å². The molecule has 2 aliphatic heterocycles. The van der Waals surface area contributed by atoms with Crippen LogP contribution >= 0.6 is 11.8 Å². The van der Waals surface area contributed by atoms with Crippen molar-refractivity contribution in [2.45, 2.75) is 74.6 Å².